The summed E-state index contributed by atoms with van der Waals surface area (Å²) >= 11 is 0. The van der Waals surface area contributed by atoms with E-state index in [-0.39, 0.29) is 6.61 Å². The van der Waals surface area contributed by atoms with E-state index in [0.29, 0.717) is 18.6 Å². The molecule has 1 heterocycles. The summed E-state index contributed by atoms with van der Waals surface area (Å²) in [6.45, 7) is 0.735. The number of ether oxygens (including phenoxy) is 1. The molecule has 0 bridgehead atoms. The van der Waals surface area contributed by atoms with Gasteiger partial charge in [-0.05, 0) is 5.57 Å². The SMILES string of the molecule is N#CC=C1COCCC1F. The minimum atomic E-state index is -0.964. The van der Waals surface area contributed by atoms with Gasteiger partial charge in [-0.2, -0.15) is 5.26 Å². The van der Waals surface area contributed by atoms with Crippen molar-refractivity contribution in [3.05, 3.63) is 11.6 Å². The topological polar surface area (TPSA) is 33.0 Å². The second-order valence-corrected chi connectivity index (χ2v) is 2.16. The molecule has 2 nitrogen and oxygen atoms in total. The molecule has 0 amide bonds. The Morgan fingerprint density at radius 2 is 2.60 bits per heavy atom. The van der Waals surface area contributed by atoms with Crippen molar-refractivity contribution in [3.8, 4) is 6.07 Å². The maximum absolute atomic E-state index is 12.7. The molecule has 0 N–H and O–H groups in total. The summed E-state index contributed by atoms with van der Waals surface area (Å²) in [6, 6.07) is 1.79. The van der Waals surface area contributed by atoms with Gasteiger partial charge in [-0.3, -0.25) is 0 Å². The Kier molecular flexibility index (Phi) is 2.41. The van der Waals surface area contributed by atoms with Crippen molar-refractivity contribution in [2.24, 2.45) is 0 Å². The highest BCUT2D eigenvalue weighted by molar-refractivity contribution is 5.18. The number of hydrogen-bond acceptors (Lipinski definition) is 2. The molecule has 1 saturated heterocycles. The zero-order valence-corrected chi connectivity index (χ0v) is 5.51. The number of hydrogen-bond donors (Lipinski definition) is 0. The standard InChI is InChI=1S/C7H8FNO/c8-7-2-4-10-5-6(7)1-3-9/h1,7H,2,4-5H2. The highest BCUT2D eigenvalue weighted by Crippen LogP contribution is 2.16. The summed E-state index contributed by atoms with van der Waals surface area (Å²) in [6.07, 6.45) is 0.644. The van der Waals surface area contributed by atoms with Crippen molar-refractivity contribution in [3.63, 3.8) is 0 Å². The predicted molar refractivity (Wildman–Crippen MR) is 34.0 cm³/mol. The van der Waals surface area contributed by atoms with Crippen LogP contribution in [-0.2, 0) is 4.74 Å². The molecule has 0 aliphatic carbocycles. The number of nitrogens with zero attached hydrogens (tertiary/aromatic N) is 1. The van der Waals surface area contributed by atoms with E-state index in [2.05, 4.69) is 0 Å². The summed E-state index contributed by atoms with van der Waals surface area (Å²) in [4.78, 5) is 0. The zero-order valence-electron chi connectivity index (χ0n) is 5.51. The molecule has 54 valence electrons. The highest BCUT2D eigenvalue weighted by Gasteiger charge is 2.17. The molecule has 0 spiro atoms. The molecule has 1 aliphatic heterocycles. The first kappa shape index (κ1) is 7.23. The number of nitriles is 1. The fourth-order valence-electron chi connectivity index (χ4n) is 0.868. The Bertz CT molecular complexity index is 183. The van der Waals surface area contributed by atoms with E-state index in [9.17, 15) is 4.39 Å². The predicted octanol–water partition coefficient (Wildman–Crippen LogP) is 1.19. The molecular weight excluding hydrogens is 133 g/mol. The van der Waals surface area contributed by atoms with Gasteiger partial charge in [0.15, 0.2) is 0 Å². The van der Waals surface area contributed by atoms with Gasteiger partial charge in [0.25, 0.3) is 0 Å². The van der Waals surface area contributed by atoms with Gasteiger partial charge in [0.05, 0.1) is 19.3 Å². The largest absolute Gasteiger partial charge is 0.377 e. The van der Waals surface area contributed by atoms with E-state index in [4.69, 9.17) is 10.00 Å². The van der Waals surface area contributed by atoms with E-state index in [1.165, 1.54) is 6.08 Å². The van der Waals surface area contributed by atoms with Crippen LogP contribution in [0.1, 0.15) is 6.42 Å². The van der Waals surface area contributed by atoms with Gasteiger partial charge in [0, 0.05) is 12.5 Å². The Morgan fingerprint density at radius 3 is 3.20 bits per heavy atom. The maximum Gasteiger partial charge on any atom is 0.127 e. The minimum Gasteiger partial charge on any atom is -0.377 e. The van der Waals surface area contributed by atoms with E-state index >= 15 is 0 Å². The van der Waals surface area contributed by atoms with Crippen molar-refractivity contribution in [1.29, 1.82) is 5.26 Å². The molecule has 0 aromatic rings. The average molecular weight is 141 g/mol. The van der Waals surface area contributed by atoms with Crippen LogP contribution in [0.5, 0.6) is 0 Å². The van der Waals surface area contributed by atoms with Crippen molar-refractivity contribution < 1.29 is 9.13 Å². The molecule has 1 unspecified atom stereocenters. The summed E-state index contributed by atoms with van der Waals surface area (Å²) < 4.78 is 17.7. The van der Waals surface area contributed by atoms with Crippen LogP contribution in [0, 0.1) is 11.3 Å². The summed E-state index contributed by atoms with van der Waals surface area (Å²) in [5.74, 6) is 0. The molecule has 10 heavy (non-hydrogen) atoms. The van der Waals surface area contributed by atoms with Crippen LogP contribution >= 0.6 is 0 Å². The lowest BCUT2D eigenvalue weighted by Gasteiger charge is -2.17. The van der Waals surface area contributed by atoms with Crippen molar-refractivity contribution in [2.75, 3.05) is 13.2 Å². The normalized spacial score (nSPS) is 30.0. The molecule has 1 atom stereocenters. The third-order valence-electron chi connectivity index (χ3n) is 1.44. The Hall–Kier alpha value is -0.880. The molecule has 1 fully saturated rings. The van der Waals surface area contributed by atoms with E-state index in [1.54, 1.807) is 6.07 Å². The van der Waals surface area contributed by atoms with Crippen LogP contribution < -0.4 is 0 Å². The Morgan fingerprint density at radius 1 is 1.80 bits per heavy atom. The van der Waals surface area contributed by atoms with Gasteiger partial charge in [-0.1, -0.05) is 0 Å². The van der Waals surface area contributed by atoms with Crippen LogP contribution in [-0.4, -0.2) is 19.4 Å². The zero-order chi connectivity index (χ0) is 7.40. The second-order valence-electron chi connectivity index (χ2n) is 2.16. The Labute approximate surface area is 58.9 Å². The summed E-state index contributed by atoms with van der Waals surface area (Å²) in [5, 5.41) is 8.19. The Balaban J connectivity index is 2.58. The van der Waals surface area contributed by atoms with Gasteiger partial charge in [-0.25, -0.2) is 4.39 Å². The molecule has 0 saturated carbocycles. The van der Waals surface area contributed by atoms with Gasteiger partial charge in [-0.15, -0.1) is 0 Å². The lowest BCUT2D eigenvalue weighted by atomic mass is 10.1. The molecule has 1 aliphatic rings. The van der Waals surface area contributed by atoms with Gasteiger partial charge in [0.2, 0.25) is 0 Å². The lowest BCUT2D eigenvalue weighted by molar-refractivity contribution is 0.0938. The van der Waals surface area contributed by atoms with Gasteiger partial charge >= 0.3 is 0 Å². The number of allylic oxidation sites excluding steroid dienone is 1. The smallest absolute Gasteiger partial charge is 0.127 e. The van der Waals surface area contributed by atoms with Crippen LogP contribution in [0.4, 0.5) is 4.39 Å². The lowest BCUT2D eigenvalue weighted by Crippen LogP contribution is -2.19. The monoisotopic (exact) mass is 141 g/mol. The molecule has 1 rings (SSSR count). The van der Waals surface area contributed by atoms with E-state index in [0.717, 1.165) is 0 Å². The molecular formula is C7H8FNO. The molecule has 0 aromatic heterocycles. The number of halogens is 1. The number of alkyl halides is 1. The van der Waals surface area contributed by atoms with Crippen LogP contribution in [0.15, 0.2) is 11.6 Å². The van der Waals surface area contributed by atoms with Crippen molar-refractivity contribution >= 4 is 0 Å². The van der Waals surface area contributed by atoms with Crippen LogP contribution in [0.2, 0.25) is 0 Å². The highest BCUT2D eigenvalue weighted by atomic mass is 19.1. The van der Waals surface area contributed by atoms with E-state index < -0.39 is 6.17 Å². The quantitative estimate of drug-likeness (QED) is 0.475. The summed E-state index contributed by atoms with van der Waals surface area (Å²) in [7, 11) is 0. The van der Waals surface area contributed by atoms with Crippen molar-refractivity contribution in [2.45, 2.75) is 12.6 Å². The molecule has 0 radical (unpaired) electrons. The minimum absolute atomic E-state index is 0.273. The molecule has 0 aromatic carbocycles. The fourth-order valence-corrected chi connectivity index (χ4v) is 0.868. The fraction of sp³-hybridized carbons (Fsp3) is 0.571. The van der Waals surface area contributed by atoms with Crippen LogP contribution in [0.25, 0.3) is 0 Å². The maximum atomic E-state index is 12.7. The average Bonchev–Trinajstić information content (AvgIpc) is 1.94. The third-order valence-corrected chi connectivity index (χ3v) is 1.44. The third kappa shape index (κ3) is 1.55. The molecule has 3 heteroatoms. The van der Waals surface area contributed by atoms with Crippen molar-refractivity contribution in [1.82, 2.24) is 0 Å². The van der Waals surface area contributed by atoms with Crippen LogP contribution in [0.3, 0.4) is 0 Å². The number of rotatable bonds is 0. The van der Waals surface area contributed by atoms with E-state index in [1.807, 2.05) is 0 Å². The second kappa shape index (κ2) is 3.33. The van der Waals surface area contributed by atoms with Gasteiger partial charge < -0.3 is 4.74 Å². The summed E-state index contributed by atoms with van der Waals surface area (Å²) in [5.41, 5.74) is 0.466. The first-order valence-corrected chi connectivity index (χ1v) is 3.15. The van der Waals surface area contributed by atoms with Gasteiger partial charge in [0.1, 0.15) is 6.17 Å². The first-order chi connectivity index (χ1) is 4.84. The first-order valence-electron chi connectivity index (χ1n) is 3.15.